The number of nitrogens with one attached hydrogen (secondary N) is 1. The lowest BCUT2D eigenvalue weighted by atomic mass is 10.2. The Bertz CT molecular complexity index is 692. The molecule has 0 fully saturated rings. The van der Waals surface area contributed by atoms with Crippen molar-refractivity contribution in [1.29, 1.82) is 0 Å². The van der Waals surface area contributed by atoms with E-state index in [4.69, 9.17) is 52.8 Å². The van der Waals surface area contributed by atoms with Gasteiger partial charge < -0.3 is 11.1 Å². The molecule has 0 aromatic heterocycles. The van der Waals surface area contributed by atoms with Crippen LogP contribution in [0.15, 0.2) is 34.8 Å². The third kappa shape index (κ3) is 3.57. The summed E-state index contributed by atoms with van der Waals surface area (Å²) >= 11 is 26.3. The van der Waals surface area contributed by atoms with Crippen LogP contribution in [0.25, 0.3) is 0 Å². The van der Waals surface area contributed by atoms with Crippen molar-refractivity contribution in [1.82, 2.24) is 0 Å². The van der Waals surface area contributed by atoms with Gasteiger partial charge in [0.05, 0.1) is 20.8 Å². The van der Waals surface area contributed by atoms with E-state index in [2.05, 4.69) is 21.2 Å². The van der Waals surface area contributed by atoms with Gasteiger partial charge in [0.1, 0.15) is 4.99 Å². The summed E-state index contributed by atoms with van der Waals surface area (Å²) in [5, 5.41) is 4.48. The number of anilines is 2. The first-order valence-corrected chi connectivity index (χ1v) is 7.73. The molecule has 2 nitrogen and oxygen atoms in total. The van der Waals surface area contributed by atoms with E-state index in [1.807, 2.05) is 18.2 Å². The summed E-state index contributed by atoms with van der Waals surface area (Å²) in [5.41, 5.74) is 7.85. The van der Waals surface area contributed by atoms with E-state index in [0.717, 1.165) is 15.7 Å². The second-order valence-electron chi connectivity index (χ2n) is 3.93. The Hall–Kier alpha value is -0.520. The van der Waals surface area contributed by atoms with Crippen molar-refractivity contribution < 1.29 is 0 Å². The van der Waals surface area contributed by atoms with E-state index in [1.165, 1.54) is 0 Å². The normalized spacial score (nSPS) is 10.4. The van der Waals surface area contributed by atoms with E-state index in [0.29, 0.717) is 25.7 Å². The van der Waals surface area contributed by atoms with Crippen LogP contribution < -0.4 is 11.1 Å². The van der Waals surface area contributed by atoms with Crippen LogP contribution in [0.4, 0.5) is 11.4 Å². The maximum atomic E-state index is 6.11. The SMILES string of the molecule is NC(=S)c1ccc(Nc2cc(Cl)c(Cl)cc2Cl)cc1Br. The second kappa shape index (κ2) is 6.50. The molecule has 2 rings (SSSR count). The molecular weight excluding hydrogens is 402 g/mol. The average molecular weight is 411 g/mol. The Labute approximate surface area is 145 Å². The van der Waals surface area contributed by atoms with E-state index in [9.17, 15) is 0 Å². The molecule has 0 amide bonds. The van der Waals surface area contributed by atoms with Crippen LogP contribution in [-0.2, 0) is 0 Å². The summed E-state index contributed by atoms with van der Waals surface area (Å²) in [4.78, 5) is 0.330. The molecular formula is C13H8BrCl3N2S. The predicted molar refractivity (Wildman–Crippen MR) is 94.8 cm³/mol. The highest BCUT2D eigenvalue weighted by molar-refractivity contribution is 9.10. The number of hydrogen-bond acceptors (Lipinski definition) is 2. The largest absolute Gasteiger partial charge is 0.389 e. The Morgan fingerprint density at radius 2 is 1.70 bits per heavy atom. The van der Waals surface area contributed by atoms with Gasteiger partial charge in [0.25, 0.3) is 0 Å². The minimum atomic E-state index is 0.330. The third-order valence-electron chi connectivity index (χ3n) is 2.52. The van der Waals surface area contributed by atoms with Gasteiger partial charge in [-0.15, -0.1) is 0 Å². The first-order chi connectivity index (χ1) is 9.38. The number of hydrogen-bond donors (Lipinski definition) is 2. The summed E-state index contributed by atoms with van der Waals surface area (Å²) in [6.45, 7) is 0. The van der Waals surface area contributed by atoms with Crippen LogP contribution in [0.5, 0.6) is 0 Å². The van der Waals surface area contributed by atoms with Crippen molar-refractivity contribution >= 4 is 79.3 Å². The topological polar surface area (TPSA) is 38.0 Å². The van der Waals surface area contributed by atoms with E-state index in [1.54, 1.807) is 12.1 Å². The molecule has 0 saturated carbocycles. The molecule has 0 saturated heterocycles. The zero-order valence-corrected chi connectivity index (χ0v) is 14.6. The molecule has 20 heavy (non-hydrogen) atoms. The molecule has 0 atom stereocenters. The van der Waals surface area contributed by atoms with Gasteiger partial charge in [0.2, 0.25) is 0 Å². The quantitative estimate of drug-likeness (QED) is 0.497. The molecule has 7 heteroatoms. The van der Waals surface area contributed by atoms with Crippen molar-refractivity contribution in [3.05, 3.63) is 55.4 Å². The third-order valence-corrected chi connectivity index (χ3v) is 4.43. The fourth-order valence-corrected chi connectivity index (χ4v) is 3.06. The fourth-order valence-electron chi connectivity index (χ4n) is 1.57. The number of benzene rings is 2. The van der Waals surface area contributed by atoms with Crippen LogP contribution in [0.3, 0.4) is 0 Å². The standard InChI is InChI=1S/C13H8BrCl3N2S/c14-8-3-6(1-2-7(8)13(18)20)19-12-5-10(16)9(15)4-11(12)17/h1-5,19H,(H2,18,20). The van der Waals surface area contributed by atoms with Crippen LogP contribution in [-0.4, -0.2) is 4.99 Å². The van der Waals surface area contributed by atoms with Gasteiger partial charge in [0.15, 0.2) is 0 Å². The highest BCUT2D eigenvalue weighted by Crippen LogP contribution is 2.34. The summed E-state index contributed by atoms with van der Waals surface area (Å²) < 4.78 is 0.797. The Kier molecular flexibility index (Phi) is 5.15. The van der Waals surface area contributed by atoms with Gasteiger partial charge in [-0.25, -0.2) is 0 Å². The van der Waals surface area contributed by atoms with Crippen LogP contribution in [0.1, 0.15) is 5.56 Å². The molecule has 0 unspecified atom stereocenters. The van der Waals surface area contributed by atoms with Gasteiger partial charge in [-0.1, -0.05) is 47.0 Å². The lowest BCUT2D eigenvalue weighted by molar-refractivity contribution is 1.51. The molecule has 0 bridgehead atoms. The van der Waals surface area contributed by atoms with Gasteiger partial charge in [-0.2, -0.15) is 0 Å². The van der Waals surface area contributed by atoms with Crippen LogP contribution in [0.2, 0.25) is 15.1 Å². The van der Waals surface area contributed by atoms with E-state index >= 15 is 0 Å². The monoisotopic (exact) mass is 408 g/mol. The number of nitrogens with two attached hydrogens (primary N) is 1. The lowest BCUT2D eigenvalue weighted by Crippen LogP contribution is -2.10. The van der Waals surface area contributed by atoms with Gasteiger partial charge >= 0.3 is 0 Å². The molecule has 0 aliphatic rings. The predicted octanol–water partition coefficient (Wildman–Crippen LogP) is 5.79. The molecule has 0 heterocycles. The molecule has 104 valence electrons. The van der Waals surface area contributed by atoms with Gasteiger partial charge in [0, 0.05) is 15.7 Å². The molecule has 3 N–H and O–H groups in total. The van der Waals surface area contributed by atoms with Crippen LogP contribution >= 0.6 is 63.0 Å². The molecule has 0 spiro atoms. The van der Waals surface area contributed by atoms with Gasteiger partial charge in [-0.05, 0) is 46.3 Å². The van der Waals surface area contributed by atoms with Crippen LogP contribution in [0, 0.1) is 0 Å². The Morgan fingerprint density at radius 3 is 2.30 bits per heavy atom. The highest BCUT2D eigenvalue weighted by atomic mass is 79.9. The smallest absolute Gasteiger partial charge is 0.105 e. The van der Waals surface area contributed by atoms with Crippen molar-refractivity contribution in [2.24, 2.45) is 5.73 Å². The Morgan fingerprint density at radius 1 is 1.05 bits per heavy atom. The second-order valence-corrected chi connectivity index (χ2v) is 6.45. The molecule has 2 aromatic carbocycles. The number of halogens is 4. The lowest BCUT2D eigenvalue weighted by Gasteiger charge is -2.11. The number of thiocarbonyl (C=S) groups is 1. The highest BCUT2D eigenvalue weighted by Gasteiger charge is 2.08. The first kappa shape index (κ1) is 15.9. The van der Waals surface area contributed by atoms with Gasteiger partial charge in [-0.3, -0.25) is 0 Å². The maximum Gasteiger partial charge on any atom is 0.105 e. The van der Waals surface area contributed by atoms with Crippen molar-refractivity contribution in [2.45, 2.75) is 0 Å². The summed E-state index contributed by atoms with van der Waals surface area (Å²) in [6.07, 6.45) is 0. The summed E-state index contributed by atoms with van der Waals surface area (Å²) in [5.74, 6) is 0. The molecule has 0 aliphatic carbocycles. The zero-order chi connectivity index (χ0) is 14.9. The van der Waals surface area contributed by atoms with E-state index in [-0.39, 0.29) is 0 Å². The number of rotatable bonds is 3. The minimum absolute atomic E-state index is 0.330. The molecule has 2 aromatic rings. The van der Waals surface area contributed by atoms with E-state index < -0.39 is 0 Å². The fraction of sp³-hybridized carbons (Fsp3) is 0. The summed E-state index contributed by atoms with van der Waals surface area (Å²) in [6, 6.07) is 8.78. The summed E-state index contributed by atoms with van der Waals surface area (Å²) in [7, 11) is 0. The maximum absolute atomic E-state index is 6.11. The average Bonchev–Trinajstić information content (AvgIpc) is 2.35. The van der Waals surface area contributed by atoms with Crippen molar-refractivity contribution in [3.8, 4) is 0 Å². The zero-order valence-electron chi connectivity index (χ0n) is 9.88. The van der Waals surface area contributed by atoms with Crippen molar-refractivity contribution in [2.75, 3.05) is 5.32 Å². The van der Waals surface area contributed by atoms with Crippen molar-refractivity contribution in [3.63, 3.8) is 0 Å². The minimum Gasteiger partial charge on any atom is -0.389 e. The Balaban J connectivity index is 2.33. The molecule has 0 aliphatic heterocycles. The molecule has 0 radical (unpaired) electrons. The first-order valence-electron chi connectivity index (χ1n) is 5.39.